The Balaban J connectivity index is 1.77. The number of hydrogen-bond donors (Lipinski definition) is 1. The molecule has 4 aromatic rings. The second kappa shape index (κ2) is 11.7. The maximum Gasteiger partial charge on any atom is 0.260 e. The number of amides is 2. The van der Waals surface area contributed by atoms with Crippen molar-refractivity contribution in [1.29, 1.82) is 0 Å². The zero-order valence-corrected chi connectivity index (χ0v) is 21.3. The Morgan fingerprint density at radius 2 is 1.31 bits per heavy atom. The van der Waals surface area contributed by atoms with Crippen molar-refractivity contribution < 1.29 is 9.59 Å². The van der Waals surface area contributed by atoms with E-state index in [1.165, 1.54) is 0 Å². The van der Waals surface area contributed by atoms with Crippen molar-refractivity contribution in [2.24, 2.45) is 0 Å². The van der Waals surface area contributed by atoms with Crippen LogP contribution in [-0.4, -0.2) is 11.8 Å². The van der Waals surface area contributed by atoms with Gasteiger partial charge in [0.2, 0.25) is 0 Å². The van der Waals surface area contributed by atoms with Gasteiger partial charge in [0, 0.05) is 5.69 Å². The van der Waals surface area contributed by atoms with Crippen molar-refractivity contribution in [2.75, 3.05) is 10.2 Å². The maximum absolute atomic E-state index is 13.8. The number of rotatable bonds is 8. The van der Waals surface area contributed by atoms with Crippen LogP contribution in [0.3, 0.4) is 0 Å². The average Bonchev–Trinajstić information content (AvgIpc) is 2.92. The van der Waals surface area contributed by atoms with Gasteiger partial charge in [-0.25, -0.2) is 0 Å². The van der Waals surface area contributed by atoms with Crippen LogP contribution >= 0.6 is 11.6 Å². The van der Waals surface area contributed by atoms with Gasteiger partial charge in [-0.05, 0) is 53.8 Å². The van der Waals surface area contributed by atoms with Crippen LogP contribution in [0, 0.1) is 0 Å². The summed E-state index contributed by atoms with van der Waals surface area (Å²) in [6, 6.07) is 30.0. The number of halogens is 1. The molecule has 0 saturated heterocycles. The molecular weight excluding hydrogens is 468 g/mol. The molecule has 0 saturated carbocycles. The molecule has 0 heterocycles. The van der Waals surface area contributed by atoms with E-state index in [-0.39, 0.29) is 11.8 Å². The Labute approximate surface area is 217 Å². The van der Waals surface area contributed by atoms with Gasteiger partial charge in [-0.15, -0.1) is 0 Å². The molecule has 0 spiro atoms. The highest BCUT2D eigenvalue weighted by atomic mass is 35.5. The monoisotopic (exact) mass is 496 g/mol. The number of carbonyl (C=O) groups excluding carboxylic acids is 2. The number of carbonyl (C=O) groups is 2. The molecule has 182 valence electrons. The molecule has 0 unspecified atom stereocenters. The third-order valence-electron chi connectivity index (χ3n) is 6.21. The van der Waals surface area contributed by atoms with Gasteiger partial charge in [-0.3, -0.25) is 9.59 Å². The minimum absolute atomic E-state index is 0.258. The first-order valence-electron chi connectivity index (χ1n) is 12.1. The standard InChI is InChI=1S/C31H29ClN2O2/c1-3-23-15-12-16-24(4-2)29(23)33-30(35)26-18-9-11-20-28(26)34(21-22-13-6-5-7-14-22)31(36)25-17-8-10-19-27(25)32/h5-20H,3-4,21H2,1-2H3,(H,33,35). The summed E-state index contributed by atoms with van der Waals surface area (Å²) in [6.45, 7) is 4.44. The lowest BCUT2D eigenvalue weighted by Crippen LogP contribution is -2.32. The number of nitrogens with one attached hydrogen (secondary N) is 1. The minimum atomic E-state index is -0.270. The molecule has 0 fully saturated rings. The summed E-state index contributed by atoms with van der Waals surface area (Å²) in [5, 5.41) is 3.51. The minimum Gasteiger partial charge on any atom is -0.321 e. The molecule has 4 rings (SSSR count). The Bertz CT molecular complexity index is 1350. The van der Waals surface area contributed by atoms with Crippen LogP contribution in [0.4, 0.5) is 11.4 Å². The molecule has 0 radical (unpaired) electrons. The second-order valence-corrected chi connectivity index (χ2v) is 8.89. The largest absolute Gasteiger partial charge is 0.321 e. The number of aryl methyl sites for hydroxylation is 2. The highest BCUT2D eigenvalue weighted by Gasteiger charge is 2.25. The fraction of sp³-hybridized carbons (Fsp3) is 0.161. The van der Waals surface area contributed by atoms with E-state index in [2.05, 4.69) is 19.2 Å². The quantitative estimate of drug-likeness (QED) is 0.273. The third-order valence-corrected chi connectivity index (χ3v) is 6.54. The molecule has 4 nitrogen and oxygen atoms in total. The first kappa shape index (κ1) is 25.2. The zero-order valence-electron chi connectivity index (χ0n) is 20.5. The molecule has 2 amide bonds. The lowest BCUT2D eigenvalue weighted by Gasteiger charge is -2.26. The number of benzene rings is 4. The zero-order chi connectivity index (χ0) is 25.5. The highest BCUT2D eigenvalue weighted by Crippen LogP contribution is 2.29. The van der Waals surface area contributed by atoms with Gasteiger partial charge in [-0.1, -0.05) is 98.2 Å². The Kier molecular flexibility index (Phi) is 8.19. The molecule has 0 aliphatic carbocycles. The number of nitrogens with zero attached hydrogens (tertiary/aromatic N) is 1. The van der Waals surface area contributed by atoms with Crippen LogP contribution in [-0.2, 0) is 19.4 Å². The molecule has 36 heavy (non-hydrogen) atoms. The SMILES string of the molecule is CCc1cccc(CC)c1NC(=O)c1ccccc1N(Cc1ccccc1)C(=O)c1ccccc1Cl. The van der Waals surface area contributed by atoms with Crippen LogP contribution in [0.15, 0.2) is 97.1 Å². The van der Waals surface area contributed by atoms with Crippen LogP contribution in [0.5, 0.6) is 0 Å². The average molecular weight is 497 g/mol. The smallest absolute Gasteiger partial charge is 0.260 e. The van der Waals surface area contributed by atoms with Gasteiger partial charge in [0.25, 0.3) is 11.8 Å². The first-order chi connectivity index (χ1) is 17.5. The van der Waals surface area contributed by atoms with Crippen molar-refractivity contribution >= 4 is 34.8 Å². The van der Waals surface area contributed by atoms with E-state index in [4.69, 9.17) is 11.6 Å². The van der Waals surface area contributed by atoms with E-state index < -0.39 is 0 Å². The van der Waals surface area contributed by atoms with Gasteiger partial charge in [-0.2, -0.15) is 0 Å². The van der Waals surface area contributed by atoms with Gasteiger partial charge in [0.15, 0.2) is 0 Å². The van der Waals surface area contributed by atoms with E-state index in [1.54, 1.807) is 41.3 Å². The summed E-state index contributed by atoms with van der Waals surface area (Å²) >= 11 is 6.40. The molecule has 5 heteroatoms. The Hall–Kier alpha value is -3.89. The topological polar surface area (TPSA) is 49.4 Å². The summed E-state index contributed by atoms with van der Waals surface area (Å²) < 4.78 is 0. The number of anilines is 2. The molecule has 4 aromatic carbocycles. The van der Waals surface area contributed by atoms with Gasteiger partial charge < -0.3 is 10.2 Å². The van der Waals surface area contributed by atoms with Crippen LogP contribution in [0.2, 0.25) is 5.02 Å². The van der Waals surface area contributed by atoms with E-state index in [1.807, 2.05) is 60.7 Å². The number of hydrogen-bond acceptors (Lipinski definition) is 2. The summed E-state index contributed by atoms with van der Waals surface area (Å²) in [5.74, 6) is -0.529. The highest BCUT2D eigenvalue weighted by molar-refractivity contribution is 6.34. The van der Waals surface area contributed by atoms with E-state index in [0.29, 0.717) is 28.4 Å². The van der Waals surface area contributed by atoms with Crippen molar-refractivity contribution in [3.8, 4) is 0 Å². The summed E-state index contributed by atoms with van der Waals surface area (Å²) in [7, 11) is 0. The van der Waals surface area contributed by atoms with E-state index in [9.17, 15) is 9.59 Å². The van der Waals surface area contributed by atoms with Crippen molar-refractivity contribution in [3.05, 3.63) is 130 Å². The van der Waals surface area contributed by atoms with Crippen LogP contribution in [0.1, 0.15) is 51.3 Å². The molecule has 0 bridgehead atoms. The van der Waals surface area contributed by atoms with Crippen molar-refractivity contribution in [1.82, 2.24) is 0 Å². The third kappa shape index (κ3) is 5.50. The van der Waals surface area contributed by atoms with Crippen LogP contribution in [0.25, 0.3) is 0 Å². The fourth-order valence-corrected chi connectivity index (χ4v) is 4.51. The van der Waals surface area contributed by atoms with Gasteiger partial charge >= 0.3 is 0 Å². The van der Waals surface area contributed by atoms with Crippen molar-refractivity contribution in [2.45, 2.75) is 33.2 Å². The second-order valence-electron chi connectivity index (χ2n) is 8.49. The molecular formula is C31H29ClN2O2. The molecule has 0 aromatic heterocycles. The van der Waals surface area contributed by atoms with Crippen LogP contribution < -0.4 is 10.2 Å². The molecule has 0 aliphatic rings. The van der Waals surface area contributed by atoms with Gasteiger partial charge in [0.05, 0.1) is 28.4 Å². The summed E-state index contributed by atoms with van der Waals surface area (Å²) in [4.78, 5) is 29.1. The predicted octanol–water partition coefficient (Wildman–Crippen LogP) is 7.56. The number of para-hydroxylation sites is 2. The summed E-state index contributed by atoms with van der Waals surface area (Å²) in [6.07, 6.45) is 1.60. The molecule has 0 atom stereocenters. The fourth-order valence-electron chi connectivity index (χ4n) is 4.30. The molecule has 0 aliphatic heterocycles. The van der Waals surface area contributed by atoms with Gasteiger partial charge in [0.1, 0.15) is 0 Å². The Morgan fingerprint density at radius 1 is 0.722 bits per heavy atom. The lowest BCUT2D eigenvalue weighted by atomic mass is 10.0. The molecule has 1 N–H and O–H groups in total. The first-order valence-corrected chi connectivity index (χ1v) is 12.5. The summed E-state index contributed by atoms with van der Waals surface area (Å²) in [5.41, 5.74) is 5.27. The van der Waals surface area contributed by atoms with Crippen molar-refractivity contribution in [3.63, 3.8) is 0 Å². The maximum atomic E-state index is 13.8. The van der Waals surface area contributed by atoms with E-state index in [0.717, 1.165) is 35.2 Å². The predicted molar refractivity (Wildman–Crippen MR) is 148 cm³/mol. The normalized spacial score (nSPS) is 10.6. The Morgan fingerprint density at radius 3 is 1.94 bits per heavy atom. The lowest BCUT2D eigenvalue weighted by molar-refractivity contribution is 0.0985. The van der Waals surface area contributed by atoms with E-state index >= 15 is 0 Å².